The Morgan fingerprint density at radius 3 is 1.80 bits per heavy atom. The predicted octanol–water partition coefficient (Wildman–Crippen LogP) is -0.661. The van der Waals surface area contributed by atoms with Crippen LogP contribution in [0.2, 0.25) is 0 Å². The molecule has 0 saturated heterocycles. The second-order valence-corrected chi connectivity index (χ2v) is 0.651. The predicted molar refractivity (Wildman–Crippen MR) is 11.5 cm³/mol. The molecule has 0 aromatic rings. The Balaban J connectivity index is 0. The van der Waals surface area contributed by atoms with Crippen LogP contribution in [0.4, 0.5) is 0 Å². The summed E-state index contributed by atoms with van der Waals surface area (Å²) >= 11 is -2.86. The topological polar surface area (TPSA) is 60.4 Å². The molecular formula is HHoO3S-. The molecule has 1 N–H and O–H groups in total. The van der Waals surface area contributed by atoms with E-state index in [-0.39, 0.29) is 37.7 Å². The van der Waals surface area contributed by atoms with Crippen LogP contribution < -0.4 is 0 Å². The quantitative estimate of drug-likeness (QED) is 0.456. The van der Waals surface area contributed by atoms with Gasteiger partial charge in [-0.15, -0.1) is 0 Å². The third kappa shape index (κ3) is 33.4. The number of hydrogen-bond acceptors (Lipinski definition) is 2. The zero-order valence-electron chi connectivity index (χ0n) is 1.97. The van der Waals surface area contributed by atoms with Gasteiger partial charge >= 0.3 is 0 Å². The van der Waals surface area contributed by atoms with Crippen LogP contribution in [0, 0.1) is 37.7 Å². The maximum atomic E-state index is 8.56. The Labute approximate surface area is 61.9 Å². The van der Waals surface area contributed by atoms with Crippen molar-refractivity contribution < 1.29 is 51.1 Å². The second kappa shape index (κ2) is 5.33. The van der Waals surface area contributed by atoms with Gasteiger partial charge in [-0.3, -0.25) is 0 Å². The summed E-state index contributed by atoms with van der Waals surface area (Å²) in [6, 6.07) is 0. The molecule has 1 radical (unpaired) electrons. The Morgan fingerprint density at radius 2 is 1.80 bits per heavy atom. The molecule has 0 saturated carbocycles. The van der Waals surface area contributed by atoms with E-state index in [4.69, 9.17) is 13.3 Å². The third-order valence-corrected chi connectivity index (χ3v) is 0. The van der Waals surface area contributed by atoms with Gasteiger partial charge in [0.25, 0.3) is 0 Å². The number of rotatable bonds is 0. The summed E-state index contributed by atoms with van der Waals surface area (Å²) in [4.78, 5) is 0. The van der Waals surface area contributed by atoms with Gasteiger partial charge in [-0.25, -0.2) is 4.21 Å². The molecule has 37 valence electrons. The van der Waals surface area contributed by atoms with Crippen LogP contribution >= 0.6 is 0 Å². The Morgan fingerprint density at radius 1 is 1.80 bits per heavy atom. The van der Waals surface area contributed by atoms with E-state index in [9.17, 15) is 0 Å². The molecule has 5 heteroatoms. The minimum atomic E-state index is -2.86. The molecule has 0 aliphatic carbocycles. The van der Waals surface area contributed by atoms with Gasteiger partial charge in [0.15, 0.2) is 0 Å². The molecule has 1 unspecified atom stereocenters. The first-order valence-corrected chi connectivity index (χ1v) is 1.55. The van der Waals surface area contributed by atoms with Gasteiger partial charge in [-0.2, -0.15) is 0 Å². The molecule has 0 heterocycles. The second-order valence-electron chi connectivity index (χ2n) is 0.217. The molecule has 5 heavy (non-hydrogen) atoms. The fraction of sp³-hybridized carbons (Fsp3) is 0. The molecule has 0 aliphatic heterocycles. The summed E-state index contributed by atoms with van der Waals surface area (Å²) in [6.45, 7) is 0. The average molecular weight is 246 g/mol. The van der Waals surface area contributed by atoms with Crippen molar-refractivity contribution in [2.24, 2.45) is 0 Å². The van der Waals surface area contributed by atoms with Gasteiger partial charge < -0.3 is 9.11 Å². The van der Waals surface area contributed by atoms with Crippen LogP contribution in [0.5, 0.6) is 0 Å². The van der Waals surface area contributed by atoms with Crippen molar-refractivity contribution in [1.82, 2.24) is 0 Å². The van der Waals surface area contributed by atoms with Gasteiger partial charge in [0, 0.05) is 37.7 Å². The molecule has 0 aromatic carbocycles. The van der Waals surface area contributed by atoms with E-state index in [0.717, 1.165) is 0 Å². The summed E-state index contributed by atoms with van der Waals surface area (Å²) in [5, 5.41) is 0. The van der Waals surface area contributed by atoms with E-state index in [1.165, 1.54) is 0 Å². The van der Waals surface area contributed by atoms with Crippen LogP contribution in [0.25, 0.3) is 0 Å². The molecule has 0 aliphatic rings. The van der Waals surface area contributed by atoms with E-state index in [1.54, 1.807) is 0 Å². The molecular weight excluding hydrogens is 245 g/mol. The van der Waals surface area contributed by atoms with Crippen molar-refractivity contribution in [3.63, 3.8) is 0 Å². The largest absolute Gasteiger partial charge is 0.750 e. The van der Waals surface area contributed by atoms with Crippen molar-refractivity contribution in [2.45, 2.75) is 0 Å². The number of hydrogen-bond donors (Lipinski definition) is 1. The molecule has 1 atom stereocenters. The summed E-state index contributed by atoms with van der Waals surface area (Å²) in [5.41, 5.74) is 0. The van der Waals surface area contributed by atoms with Gasteiger partial charge in [0.05, 0.1) is 11.4 Å². The maximum absolute atomic E-state index is 8.56. The van der Waals surface area contributed by atoms with Crippen molar-refractivity contribution in [1.29, 1.82) is 0 Å². The standard InChI is InChI=1S/Ho.H2O3S/c;1-4(2)3/h;(H2,1,2,3)/p-1. The first-order valence-electron chi connectivity index (χ1n) is 0.516. The van der Waals surface area contributed by atoms with Crippen LogP contribution in [-0.2, 0) is 11.4 Å². The Bertz CT molecular complexity index is 29.9. The van der Waals surface area contributed by atoms with E-state index in [0.29, 0.717) is 0 Å². The van der Waals surface area contributed by atoms with Gasteiger partial charge in [0.1, 0.15) is 0 Å². The monoisotopic (exact) mass is 246 g/mol. The Hall–Kier alpha value is 1.33. The summed E-state index contributed by atoms with van der Waals surface area (Å²) < 4.78 is 24.1. The minimum absolute atomic E-state index is 0. The van der Waals surface area contributed by atoms with Gasteiger partial charge in [0.2, 0.25) is 0 Å². The fourth-order valence-corrected chi connectivity index (χ4v) is 0. The summed E-state index contributed by atoms with van der Waals surface area (Å²) in [5.74, 6) is 0. The fourth-order valence-electron chi connectivity index (χ4n) is 0. The normalized spacial score (nSPS) is 12.4. The average Bonchev–Trinajstić information content (AvgIpc) is 0.811. The molecule has 0 rings (SSSR count). The van der Waals surface area contributed by atoms with Crippen LogP contribution in [0.1, 0.15) is 0 Å². The first kappa shape index (κ1) is 9.59. The molecule has 0 fully saturated rings. The third-order valence-electron chi connectivity index (χ3n) is 0. The van der Waals surface area contributed by atoms with E-state index in [2.05, 4.69) is 0 Å². The van der Waals surface area contributed by atoms with Crippen molar-refractivity contribution in [2.75, 3.05) is 0 Å². The van der Waals surface area contributed by atoms with E-state index >= 15 is 0 Å². The van der Waals surface area contributed by atoms with Crippen LogP contribution in [-0.4, -0.2) is 13.3 Å². The summed E-state index contributed by atoms with van der Waals surface area (Å²) in [7, 11) is 0. The SMILES string of the molecule is O=S([O-])O.[Ho]. The molecule has 0 aromatic heterocycles. The van der Waals surface area contributed by atoms with E-state index < -0.39 is 11.4 Å². The maximum Gasteiger partial charge on any atom is 0.0814 e. The van der Waals surface area contributed by atoms with Crippen LogP contribution in [0.15, 0.2) is 0 Å². The van der Waals surface area contributed by atoms with Crippen LogP contribution in [0.3, 0.4) is 0 Å². The van der Waals surface area contributed by atoms with Gasteiger partial charge in [-0.05, 0) is 0 Å². The van der Waals surface area contributed by atoms with Crippen molar-refractivity contribution in [3.8, 4) is 0 Å². The smallest absolute Gasteiger partial charge is 0.0814 e. The van der Waals surface area contributed by atoms with Gasteiger partial charge in [-0.1, -0.05) is 0 Å². The molecule has 3 nitrogen and oxygen atoms in total. The van der Waals surface area contributed by atoms with Crippen molar-refractivity contribution >= 4 is 11.4 Å². The zero-order chi connectivity index (χ0) is 3.58. The summed E-state index contributed by atoms with van der Waals surface area (Å²) in [6.07, 6.45) is 0. The van der Waals surface area contributed by atoms with E-state index in [1.807, 2.05) is 0 Å². The molecule has 0 bridgehead atoms. The Kier molecular flexibility index (Phi) is 10.2. The zero-order valence-corrected chi connectivity index (χ0v) is 4.72. The first-order chi connectivity index (χ1) is 1.73. The van der Waals surface area contributed by atoms with Crippen molar-refractivity contribution in [3.05, 3.63) is 0 Å². The molecule has 0 amide bonds. The minimum Gasteiger partial charge on any atom is -0.750 e. The molecule has 0 spiro atoms.